The van der Waals surface area contributed by atoms with Gasteiger partial charge in [0.25, 0.3) is 5.91 Å². The number of benzene rings is 3. The monoisotopic (exact) mass is 411 g/mol. The molecule has 1 fully saturated rings. The Morgan fingerprint density at radius 2 is 1.68 bits per heavy atom. The first-order valence-electron chi connectivity index (χ1n) is 10.7. The Kier molecular flexibility index (Phi) is 4.94. The van der Waals surface area contributed by atoms with Crippen molar-refractivity contribution in [2.75, 3.05) is 31.1 Å². The third kappa shape index (κ3) is 3.67. The van der Waals surface area contributed by atoms with Gasteiger partial charge in [0, 0.05) is 43.0 Å². The SMILES string of the molecule is Cc1ccc(C)c(N2CCN(C(=O)c3ccc4noc(-c5ccccc5)c4c3)CC2)c1. The molecular formula is C26H25N3O2. The third-order valence-electron chi connectivity index (χ3n) is 6.03. The fraction of sp³-hybridized carbons (Fsp3) is 0.231. The van der Waals surface area contributed by atoms with Crippen molar-refractivity contribution in [1.29, 1.82) is 0 Å². The largest absolute Gasteiger partial charge is 0.368 e. The fourth-order valence-electron chi connectivity index (χ4n) is 4.27. The Hall–Kier alpha value is -3.60. The van der Waals surface area contributed by atoms with E-state index in [1.54, 1.807) is 0 Å². The van der Waals surface area contributed by atoms with Gasteiger partial charge in [-0.25, -0.2) is 0 Å². The van der Waals surface area contributed by atoms with E-state index in [4.69, 9.17) is 4.52 Å². The lowest BCUT2D eigenvalue weighted by molar-refractivity contribution is 0.0747. The van der Waals surface area contributed by atoms with Crippen molar-refractivity contribution in [2.45, 2.75) is 13.8 Å². The van der Waals surface area contributed by atoms with Crippen LogP contribution in [-0.2, 0) is 0 Å². The molecule has 0 radical (unpaired) electrons. The van der Waals surface area contributed by atoms with E-state index in [1.807, 2.05) is 53.4 Å². The van der Waals surface area contributed by atoms with Crippen molar-refractivity contribution in [2.24, 2.45) is 0 Å². The summed E-state index contributed by atoms with van der Waals surface area (Å²) in [5.74, 6) is 0.757. The number of amides is 1. The van der Waals surface area contributed by atoms with Crippen LogP contribution in [0.2, 0.25) is 0 Å². The zero-order valence-electron chi connectivity index (χ0n) is 17.8. The van der Waals surface area contributed by atoms with E-state index < -0.39 is 0 Å². The first-order chi connectivity index (χ1) is 15.1. The van der Waals surface area contributed by atoms with Gasteiger partial charge in [-0.05, 0) is 49.2 Å². The lowest BCUT2D eigenvalue weighted by Gasteiger charge is -2.37. The average molecular weight is 412 g/mol. The summed E-state index contributed by atoms with van der Waals surface area (Å²) in [6.45, 7) is 7.35. The van der Waals surface area contributed by atoms with E-state index in [0.717, 1.165) is 29.6 Å². The number of nitrogens with zero attached hydrogens (tertiary/aromatic N) is 3. The highest BCUT2D eigenvalue weighted by Gasteiger charge is 2.24. The molecule has 0 atom stereocenters. The smallest absolute Gasteiger partial charge is 0.254 e. The van der Waals surface area contributed by atoms with Crippen LogP contribution in [-0.4, -0.2) is 42.1 Å². The number of piperazine rings is 1. The Balaban J connectivity index is 1.35. The van der Waals surface area contributed by atoms with E-state index in [-0.39, 0.29) is 5.91 Å². The molecule has 31 heavy (non-hydrogen) atoms. The lowest BCUT2D eigenvalue weighted by Crippen LogP contribution is -2.49. The van der Waals surface area contributed by atoms with E-state index in [0.29, 0.717) is 24.4 Å². The number of rotatable bonds is 3. The summed E-state index contributed by atoms with van der Waals surface area (Å²) in [7, 11) is 0. The summed E-state index contributed by atoms with van der Waals surface area (Å²) in [6, 6.07) is 22.0. The maximum absolute atomic E-state index is 13.2. The minimum absolute atomic E-state index is 0.0581. The summed E-state index contributed by atoms with van der Waals surface area (Å²) in [5.41, 5.74) is 6.19. The molecule has 0 spiro atoms. The van der Waals surface area contributed by atoms with Crippen LogP contribution >= 0.6 is 0 Å². The number of fused-ring (bicyclic) bond motifs is 1. The van der Waals surface area contributed by atoms with Gasteiger partial charge < -0.3 is 14.3 Å². The Morgan fingerprint density at radius 1 is 0.903 bits per heavy atom. The molecule has 5 heteroatoms. The maximum Gasteiger partial charge on any atom is 0.254 e. The Morgan fingerprint density at radius 3 is 2.45 bits per heavy atom. The number of hydrogen-bond acceptors (Lipinski definition) is 4. The van der Waals surface area contributed by atoms with Crippen molar-refractivity contribution in [3.05, 3.63) is 83.4 Å². The predicted molar refractivity (Wildman–Crippen MR) is 123 cm³/mol. The van der Waals surface area contributed by atoms with Gasteiger partial charge in [0.2, 0.25) is 0 Å². The molecular weight excluding hydrogens is 386 g/mol. The second-order valence-electron chi connectivity index (χ2n) is 8.18. The van der Waals surface area contributed by atoms with Crippen LogP contribution in [0.4, 0.5) is 5.69 Å². The van der Waals surface area contributed by atoms with E-state index >= 15 is 0 Å². The molecule has 5 nitrogen and oxygen atoms in total. The van der Waals surface area contributed by atoms with Crippen molar-refractivity contribution in [3.8, 4) is 11.3 Å². The quantitative estimate of drug-likeness (QED) is 0.472. The molecule has 3 aromatic carbocycles. The highest BCUT2D eigenvalue weighted by Crippen LogP contribution is 2.30. The first kappa shape index (κ1) is 19.4. The van der Waals surface area contributed by atoms with Crippen molar-refractivity contribution in [1.82, 2.24) is 10.1 Å². The highest BCUT2D eigenvalue weighted by atomic mass is 16.5. The van der Waals surface area contributed by atoms with Gasteiger partial charge in [0.15, 0.2) is 5.76 Å². The molecule has 0 unspecified atom stereocenters. The summed E-state index contributed by atoms with van der Waals surface area (Å²) in [6.07, 6.45) is 0. The maximum atomic E-state index is 13.2. The van der Waals surface area contributed by atoms with Crippen molar-refractivity contribution < 1.29 is 9.32 Å². The summed E-state index contributed by atoms with van der Waals surface area (Å²) in [4.78, 5) is 17.6. The van der Waals surface area contributed by atoms with Crippen LogP contribution in [0.5, 0.6) is 0 Å². The third-order valence-corrected chi connectivity index (χ3v) is 6.03. The molecule has 4 aromatic rings. The van der Waals surface area contributed by atoms with E-state index in [2.05, 4.69) is 42.1 Å². The molecule has 1 aliphatic rings. The number of aromatic nitrogens is 1. The van der Waals surface area contributed by atoms with Crippen molar-refractivity contribution >= 4 is 22.5 Å². The summed E-state index contributed by atoms with van der Waals surface area (Å²) >= 11 is 0. The van der Waals surface area contributed by atoms with Gasteiger partial charge in [0.05, 0.1) is 5.39 Å². The molecule has 0 N–H and O–H groups in total. The number of anilines is 1. The molecule has 1 aliphatic heterocycles. The standard InChI is InChI=1S/C26H25N3O2/c1-18-8-9-19(2)24(16-18)28-12-14-29(15-13-28)26(30)21-10-11-23-22(17-21)25(31-27-23)20-6-4-3-5-7-20/h3-11,16-17H,12-15H2,1-2H3. The van der Waals surface area contributed by atoms with Crippen molar-refractivity contribution in [3.63, 3.8) is 0 Å². The second kappa shape index (κ2) is 7.91. The van der Waals surface area contributed by atoms with Crippen LogP contribution in [0, 0.1) is 13.8 Å². The molecule has 1 amide bonds. The Bertz CT molecular complexity index is 1240. The van der Waals surface area contributed by atoms with Gasteiger partial charge in [-0.2, -0.15) is 0 Å². The van der Waals surface area contributed by atoms with Crippen LogP contribution in [0.3, 0.4) is 0 Å². The first-order valence-corrected chi connectivity index (χ1v) is 10.7. The van der Waals surface area contributed by atoms with Gasteiger partial charge >= 0.3 is 0 Å². The van der Waals surface area contributed by atoms with E-state index in [9.17, 15) is 4.79 Å². The van der Waals surface area contributed by atoms with Gasteiger partial charge in [-0.3, -0.25) is 4.79 Å². The van der Waals surface area contributed by atoms with Gasteiger partial charge in [-0.1, -0.05) is 47.6 Å². The topological polar surface area (TPSA) is 49.6 Å². The predicted octanol–water partition coefficient (Wildman–Crippen LogP) is 5.07. The van der Waals surface area contributed by atoms with Crippen LogP contribution in [0.15, 0.2) is 71.3 Å². The zero-order valence-corrected chi connectivity index (χ0v) is 17.8. The average Bonchev–Trinajstić information content (AvgIpc) is 3.24. The second-order valence-corrected chi connectivity index (χ2v) is 8.18. The number of carbonyl (C=O) groups is 1. The number of hydrogen-bond donors (Lipinski definition) is 0. The van der Waals surface area contributed by atoms with Gasteiger partial charge in [-0.15, -0.1) is 0 Å². The zero-order chi connectivity index (χ0) is 21.4. The molecule has 1 saturated heterocycles. The molecule has 1 aromatic heterocycles. The number of aryl methyl sites for hydroxylation is 2. The van der Waals surface area contributed by atoms with Gasteiger partial charge in [0.1, 0.15) is 5.52 Å². The van der Waals surface area contributed by atoms with Crippen LogP contribution in [0.25, 0.3) is 22.2 Å². The summed E-state index contributed by atoms with van der Waals surface area (Å²) in [5, 5.41) is 5.03. The van der Waals surface area contributed by atoms with Crippen LogP contribution < -0.4 is 4.90 Å². The molecule has 0 saturated carbocycles. The minimum atomic E-state index is 0.0581. The number of carbonyl (C=O) groups excluding carboxylic acids is 1. The fourth-order valence-corrected chi connectivity index (χ4v) is 4.27. The van der Waals surface area contributed by atoms with E-state index in [1.165, 1.54) is 16.8 Å². The Labute approximate surface area is 181 Å². The normalized spacial score (nSPS) is 14.3. The molecule has 0 aliphatic carbocycles. The molecule has 5 rings (SSSR count). The lowest BCUT2D eigenvalue weighted by atomic mass is 10.1. The van der Waals surface area contributed by atoms with Crippen LogP contribution in [0.1, 0.15) is 21.5 Å². The molecule has 2 heterocycles. The highest BCUT2D eigenvalue weighted by molar-refractivity contribution is 6.01. The molecule has 0 bridgehead atoms. The molecule has 156 valence electrons. The minimum Gasteiger partial charge on any atom is -0.368 e. The summed E-state index contributed by atoms with van der Waals surface area (Å²) < 4.78 is 5.58.